The number of piperazine rings is 1. The standard InChI is InChI=1S/C28H28ClFN6O3/c1-33(2)11-8-18-4-6-19(7-5-18)36-17-21(27(38)39)26(37)20-16-22(30)25(23(29)24(20)36)34-12-14-35(15-13-34)28-31-9-3-10-32-28/h3-7,9-10,16-17H,8,11-15H2,1-2H3,(H,38,39). The SMILES string of the molecule is CN(C)CCc1ccc(-n2cc(C(=O)O)c(=O)c3cc(F)c(N4CCN(c5ncccn5)CC4)c(Cl)c32)cc1. The quantitative estimate of drug-likeness (QED) is 0.372. The number of pyridine rings is 1. The molecule has 1 saturated heterocycles. The summed E-state index contributed by atoms with van der Waals surface area (Å²) in [6.07, 6.45) is 5.46. The van der Waals surface area contributed by atoms with Crippen LogP contribution in [0.3, 0.4) is 0 Å². The number of aromatic nitrogens is 3. The number of benzene rings is 2. The van der Waals surface area contributed by atoms with Gasteiger partial charge in [0, 0.05) is 57.0 Å². The Morgan fingerprint density at radius 2 is 1.72 bits per heavy atom. The van der Waals surface area contributed by atoms with Crippen LogP contribution in [-0.4, -0.2) is 77.3 Å². The topological polar surface area (TPSA) is 94.8 Å². The van der Waals surface area contributed by atoms with Crippen LogP contribution in [-0.2, 0) is 6.42 Å². The van der Waals surface area contributed by atoms with Crippen LogP contribution in [0.5, 0.6) is 0 Å². The molecular weight excluding hydrogens is 523 g/mol. The molecule has 202 valence electrons. The summed E-state index contributed by atoms with van der Waals surface area (Å²) in [5, 5.41) is 9.68. The molecule has 11 heteroatoms. The van der Waals surface area contributed by atoms with Gasteiger partial charge in [-0.1, -0.05) is 23.7 Å². The number of rotatable bonds is 7. The largest absolute Gasteiger partial charge is 0.477 e. The molecule has 0 aliphatic carbocycles. The number of halogens is 2. The van der Waals surface area contributed by atoms with Crippen LogP contribution >= 0.6 is 11.6 Å². The molecular formula is C28H28ClFN6O3. The fourth-order valence-electron chi connectivity index (χ4n) is 4.81. The molecule has 1 aliphatic heterocycles. The van der Waals surface area contributed by atoms with E-state index in [1.807, 2.05) is 48.2 Å². The van der Waals surface area contributed by atoms with Crippen molar-refractivity contribution in [1.29, 1.82) is 0 Å². The molecule has 0 unspecified atom stereocenters. The van der Waals surface area contributed by atoms with E-state index >= 15 is 4.39 Å². The van der Waals surface area contributed by atoms with E-state index in [1.54, 1.807) is 23.0 Å². The van der Waals surface area contributed by atoms with Crippen molar-refractivity contribution < 1.29 is 14.3 Å². The summed E-state index contributed by atoms with van der Waals surface area (Å²) in [5.41, 5.74) is 0.916. The van der Waals surface area contributed by atoms with E-state index in [1.165, 1.54) is 6.20 Å². The lowest BCUT2D eigenvalue weighted by molar-refractivity contribution is 0.0695. The first-order valence-electron chi connectivity index (χ1n) is 12.6. The zero-order valence-corrected chi connectivity index (χ0v) is 22.4. The predicted octanol–water partition coefficient (Wildman–Crippen LogP) is 3.70. The number of carboxylic acid groups (broad SMARTS) is 1. The van der Waals surface area contributed by atoms with Crippen molar-refractivity contribution >= 4 is 40.1 Å². The Kier molecular flexibility index (Phi) is 7.49. The van der Waals surface area contributed by atoms with Crippen molar-refractivity contribution in [2.45, 2.75) is 6.42 Å². The van der Waals surface area contributed by atoms with E-state index in [0.717, 1.165) is 24.6 Å². The van der Waals surface area contributed by atoms with Crippen LogP contribution in [0.2, 0.25) is 5.02 Å². The second-order valence-electron chi connectivity index (χ2n) is 9.71. The molecule has 0 bridgehead atoms. The van der Waals surface area contributed by atoms with E-state index in [4.69, 9.17) is 11.6 Å². The fourth-order valence-corrected chi connectivity index (χ4v) is 5.21. The van der Waals surface area contributed by atoms with Crippen molar-refractivity contribution in [3.05, 3.63) is 87.2 Å². The molecule has 5 rings (SSSR count). The van der Waals surface area contributed by atoms with Gasteiger partial charge < -0.3 is 24.4 Å². The van der Waals surface area contributed by atoms with Gasteiger partial charge in [0.05, 0.1) is 21.6 Å². The number of fused-ring (bicyclic) bond motifs is 1. The smallest absolute Gasteiger partial charge is 0.341 e. The average molecular weight is 551 g/mol. The van der Waals surface area contributed by atoms with Crippen LogP contribution in [0.15, 0.2) is 59.8 Å². The Bertz CT molecular complexity index is 1570. The van der Waals surface area contributed by atoms with E-state index in [-0.39, 0.29) is 21.6 Å². The van der Waals surface area contributed by atoms with Crippen molar-refractivity contribution in [1.82, 2.24) is 19.4 Å². The lowest BCUT2D eigenvalue weighted by Crippen LogP contribution is -2.47. The number of aromatic carboxylic acids is 1. The zero-order chi connectivity index (χ0) is 27.7. The van der Waals surface area contributed by atoms with Gasteiger partial charge in [-0.25, -0.2) is 19.2 Å². The molecule has 9 nitrogen and oxygen atoms in total. The number of likely N-dealkylation sites (N-methyl/N-ethyl adjacent to an activating group) is 1. The first kappa shape index (κ1) is 26.6. The maximum atomic E-state index is 15.6. The molecule has 0 radical (unpaired) electrons. The third-order valence-electron chi connectivity index (χ3n) is 6.88. The summed E-state index contributed by atoms with van der Waals surface area (Å²) in [6.45, 7) is 2.90. The number of anilines is 2. The number of nitrogens with zero attached hydrogens (tertiary/aromatic N) is 6. The van der Waals surface area contributed by atoms with Gasteiger partial charge in [0.25, 0.3) is 0 Å². The monoisotopic (exact) mass is 550 g/mol. The van der Waals surface area contributed by atoms with Gasteiger partial charge in [0.2, 0.25) is 11.4 Å². The van der Waals surface area contributed by atoms with Crippen LogP contribution < -0.4 is 15.2 Å². The number of carbonyl (C=O) groups is 1. The highest BCUT2D eigenvalue weighted by atomic mass is 35.5. The maximum Gasteiger partial charge on any atom is 0.341 e. The summed E-state index contributed by atoms with van der Waals surface area (Å²) in [4.78, 5) is 39.5. The summed E-state index contributed by atoms with van der Waals surface area (Å²) >= 11 is 6.88. The van der Waals surface area contributed by atoms with E-state index in [0.29, 0.717) is 37.8 Å². The number of carboxylic acids is 1. The van der Waals surface area contributed by atoms with Crippen molar-refractivity contribution in [2.75, 3.05) is 56.6 Å². The first-order valence-corrected chi connectivity index (χ1v) is 12.9. The predicted molar refractivity (Wildman–Crippen MR) is 150 cm³/mol. The molecule has 0 saturated carbocycles. The molecule has 39 heavy (non-hydrogen) atoms. The highest BCUT2D eigenvalue weighted by molar-refractivity contribution is 6.38. The van der Waals surface area contributed by atoms with E-state index < -0.39 is 22.8 Å². The molecule has 2 aromatic carbocycles. The Balaban J connectivity index is 1.58. The molecule has 3 heterocycles. The zero-order valence-electron chi connectivity index (χ0n) is 21.6. The Morgan fingerprint density at radius 1 is 1.08 bits per heavy atom. The minimum atomic E-state index is -1.39. The van der Waals surface area contributed by atoms with Gasteiger partial charge in [-0.3, -0.25) is 4.79 Å². The molecule has 1 N–H and O–H groups in total. The third-order valence-corrected chi connectivity index (χ3v) is 7.24. The molecule has 0 atom stereocenters. The van der Waals surface area contributed by atoms with Crippen molar-refractivity contribution in [3.8, 4) is 5.69 Å². The van der Waals surface area contributed by atoms with Crippen molar-refractivity contribution in [2.24, 2.45) is 0 Å². The minimum absolute atomic E-state index is 0.0557. The highest BCUT2D eigenvalue weighted by Crippen LogP contribution is 2.37. The summed E-state index contributed by atoms with van der Waals surface area (Å²) < 4.78 is 17.1. The number of hydrogen-bond donors (Lipinski definition) is 1. The van der Waals surface area contributed by atoms with Gasteiger partial charge in [-0.05, 0) is 50.3 Å². The van der Waals surface area contributed by atoms with Gasteiger partial charge >= 0.3 is 5.97 Å². The number of hydrogen-bond acceptors (Lipinski definition) is 7. The average Bonchev–Trinajstić information content (AvgIpc) is 2.93. The second-order valence-corrected chi connectivity index (χ2v) is 10.1. The lowest BCUT2D eigenvalue weighted by atomic mass is 10.1. The summed E-state index contributed by atoms with van der Waals surface area (Å²) in [5.74, 6) is -1.47. The molecule has 2 aromatic heterocycles. The summed E-state index contributed by atoms with van der Waals surface area (Å²) in [6, 6.07) is 10.4. The lowest BCUT2D eigenvalue weighted by Gasteiger charge is -2.36. The molecule has 1 aliphatic rings. The van der Waals surface area contributed by atoms with Crippen LogP contribution in [0.1, 0.15) is 15.9 Å². The maximum absolute atomic E-state index is 15.6. The fraction of sp³-hybridized carbons (Fsp3) is 0.286. The molecule has 4 aromatic rings. The van der Waals surface area contributed by atoms with E-state index in [9.17, 15) is 14.7 Å². The van der Waals surface area contributed by atoms with Gasteiger partial charge in [-0.2, -0.15) is 0 Å². The Hall–Kier alpha value is -4.02. The van der Waals surface area contributed by atoms with Gasteiger partial charge in [0.15, 0.2) is 0 Å². The van der Waals surface area contributed by atoms with Crippen LogP contribution in [0, 0.1) is 5.82 Å². The second kappa shape index (κ2) is 11.0. The highest BCUT2D eigenvalue weighted by Gasteiger charge is 2.27. The molecule has 0 spiro atoms. The molecule has 0 amide bonds. The van der Waals surface area contributed by atoms with Crippen molar-refractivity contribution in [3.63, 3.8) is 0 Å². The van der Waals surface area contributed by atoms with Gasteiger partial charge in [-0.15, -0.1) is 0 Å². The Labute approximate surface area is 229 Å². The first-order chi connectivity index (χ1) is 18.7. The van der Waals surface area contributed by atoms with E-state index in [2.05, 4.69) is 14.9 Å². The minimum Gasteiger partial charge on any atom is -0.477 e. The molecule has 1 fully saturated rings. The van der Waals surface area contributed by atoms with Gasteiger partial charge in [0.1, 0.15) is 11.4 Å². The van der Waals surface area contributed by atoms with Crippen LogP contribution in [0.25, 0.3) is 16.6 Å². The van der Waals surface area contributed by atoms with Crippen LogP contribution in [0.4, 0.5) is 16.0 Å². The normalized spacial score (nSPS) is 13.9. The summed E-state index contributed by atoms with van der Waals surface area (Å²) in [7, 11) is 4.00. The Morgan fingerprint density at radius 3 is 2.33 bits per heavy atom. The third kappa shape index (κ3) is 5.30.